The summed E-state index contributed by atoms with van der Waals surface area (Å²) in [5, 5.41) is 4.88. The first kappa shape index (κ1) is 12.9. The smallest absolute Gasteiger partial charge is 0.363 e. The maximum absolute atomic E-state index is 12.5. The molecular weight excluding hydrogens is 261 g/mol. The van der Waals surface area contributed by atoms with Crippen molar-refractivity contribution in [3.8, 4) is 0 Å². The first-order valence-electron chi connectivity index (χ1n) is 5.30. The normalized spacial score (nSPS) is 13.3. The fourth-order valence-electron chi connectivity index (χ4n) is 1.52. The molecule has 0 saturated heterocycles. The zero-order valence-corrected chi connectivity index (χ0v) is 10.3. The Bertz CT molecular complexity index is 508. The molecule has 6 heteroatoms. The molecule has 0 saturated carbocycles. The van der Waals surface area contributed by atoms with E-state index in [9.17, 15) is 13.2 Å². The van der Waals surface area contributed by atoms with Gasteiger partial charge in [0.05, 0.1) is 11.6 Å². The third-order valence-corrected chi connectivity index (χ3v) is 3.48. The molecular formula is C12H11F3N2S. The van der Waals surface area contributed by atoms with Gasteiger partial charge >= 0.3 is 6.18 Å². The van der Waals surface area contributed by atoms with Gasteiger partial charge in [-0.25, -0.2) is 4.98 Å². The lowest BCUT2D eigenvalue weighted by atomic mass is 10.2. The summed E-state index contributed by atoms with van der Waals surface area (Å²) in [5.74, 6) is 0.228. The van der Waals surface area contributed by atoms with Gasteiger partial charge in [0.2, 0.25) is 0 Å². The quantitative estimate of drug-likeness (QED) is 0.899. The number of hydrogen-bond donors (Lipinski definition) is 1. The highest BCUT2D eigenvalue weighted by Crippen LogP contribution is 2.31. The van der Waals surface area contributed by atoms with Crippen LogP contribution in [-0.2, 0) is 6.18 Å². The third-order valence-electron chi connectivity index (χ3n) is 2.42. The van der Waals surface area contributed by atoms with Crippen molar-refractivity contribution in [2.75, 3.05) is 5.32 Å². The number of rotatable bonds is 3. The summed E-state index contributed by atoms with van der Waals surface area (Å²) in [7, 11) is 0. The lowest BCUT2D eigenvalue weighted by molar-refractivity contribution is -0.137. The Balaban J connectivity index is 2.15. The van der Waals surface area contributed by atoms with E-state index < -0.39 is 11.7 Å². The molecule has 2 nitrogen and oxygen atoms in total. The van der Waals surface area contributed by atoms with Crippen molar-refractivity contribution >= 4 is 17.2 Å². The Hall–Kier alpha value is -1.56. The van der Waals surface area contributed by atoms with Crippen LogP contribution in [0.15, 0.2) is 35.8 Å². The van der Waals surface area contributed by atoms with Gasteiger partial charge in [0.15, 0.2) is 0 Å². The Morgan fingerprint density at radius 1 is 1.33 bits per heavy atom. The molecule has 18 heavy (non-hydrogen) atoms. The van der Waals surface area contributed by atoms with E-state index in [1.807, 2.05) is 24.4 Å². The second-order valence-corrected chi connectivity index (χ2v) is 4.79. The van der Waals surface area contributed by atoms with Gasteiger partial charge in [-0.1, -0.05) is 6.07 Å². The maximum atomic E-state index is 12.5. The minimum atomic E-state index is -4.34. The average molecular weight is 272 g/mol. The Kier molecular flexibility index (Phi) is 3.56. The number of pyridine rings is 1. The molecule has 0 radical (unpaired) electrons. The van der Waals surface area contributed by atoms with Crippen LogP contribution in [0.3, 0.4) is 0 Å². The molecule has 1 unspecified atom stereocenters. The summed E-state index contributed by atoms with van der Waals surface area (Å²) >= 11 is 1.55. The molecule has 0 spiro atoms. The summed E-state index contributed by atoms with van der Waals surface area (Å²) in [6.45, 7) is 1.88. The lowest BCUT2D eigenvalue weighted by Crippen LogP contribution is -2.09. The van der Waals surface area contributed by atoms with Crippen molar-refractivity contribution in [3.63, 3.8) is 0 Å². The topological polar surface area (TPSA) is 24.9 Å². The Morgan fingerprint density at radius 3 is 2.72 bits per heavy atom. The summed E-state index contributed by atoms with van der Waals surface area (Å²) in [5.41, 5.74) is -0.696. The Labute approximate surface area is 106 Å². The van der Waals surface area contributed by atoms with E-state index in [-0.39, 0.29) is 11.9 Å². The van der Waals surface area contributed by atoms with Crippen molar-refractivity contribution < 1.29 is 13.2 Å². The van der Waals surface area contributed by atoms with E-state index in [1.54, 1.807) is 11.3 Å². The first-order valence-corrected chi connectivity index (χ1v) is 6.18. The SMILES string of the molecule is CC(Nc1cc(C(F)(F)F)ccn1)c1cccs1. The molecule has 0 aliphatic heterocycles. The van der Waals surface area contributed by atoms with Crippen molar-refractivity contribution in [2.24, 2.45) is 0 Å². The number of nitrogens with one attached hydrogen (secondary N) is 1. The summed E-state index contributed by atoms with van der Waals surface area (Å²) in [6, 6.07) is 5.74. The Morgan fingerprint density at radius 2 is 2.11 bits per heavy atom. The van der Waals surface area contributed by atoms with Gasteiger partial charge in [-0.2, -0.15) is 13.2 Å². The molecule has 0 fully saturated rings. The highest BCUT2D eigenvalue weighted by atomic mass is 32.1. The molecule has 2 aromatic rings. The lowest BCUT2D eigenvalue weighted by Gasteiger charge is -2.14. The van der Waals surface area contributed by atoms with E-state index >= 15 is 0 Å². The highest BCUT2D eigenvalue weighted by Gasteiger charge is 2.30. The van der Waals surface area contributed by atoms with Gasteiger partial charge < -0.3 is 5.32 Å². The van der Waals surface area contributed by atoms with E-state index in [0.29, 0.717) is 0 Å². The molecule has 0 aromatic carbocycles. The molecule has 0 aliphatic carbocycles. The molecule has 1 atom stereocenters. The van der Waals surface area contributed by atoms with Crippen molar-refractivity contribution in [1.29, 1.82) is 0 Å². The minimum Gasteiger partial charge on any atom is -0.363 e. The van der Waals surface area contributed by atoms with Gasteiger partial charge in [-0.3, -0.25) is 0 Å². The third kappa shape index (κ3) is 3.01. The van der Waals surface area contributed by atoms with Crippen LogP contribution < -0.4 is 5.32 Å². The summed E-state index contributed by atoms with van der Waals surface area (Å²) < 4.78 is 37.6. The number of alkyl halides is 3. The molecule has 2 rings (SSSR count). The number of thiophene rings is 1. The maximum Gasteiger partial charge on any atom is 0.416 e. The fourth-order valence-corrected chi connectivity index (χ4v) is 2.25. The fraction of sp³-hybridized carbons (Fsp3) is 0.250. The molecule has 2 heterocycles. The molecule has 1 N–H and O–H groups in total. The molecule has 0 bridgehead atoms. The standard InChI is InChI=1S/C12H11F3N2S/c1-8(10-3-2-6-18-10)17-11-7-9(4-5-16-11)12(13,14)15/h2-8H,1H3,(H,16,17). The van der Waals surface area contributed by atoms with Crippen molar-refractivity contribution in [3.05, 3.63) is 46.3 Å². The largest absolute Gasteiger partial charge is 0.416 e. The second kappa shape index (κ2) is 4.97. The minimum absolute atomic E-state index is 0.0685. The van der Waals surface area contributed by atoms with Gasteiger partial charge in [-0.05, 0) is 30.5 Å². The van der Waals surface area contributed by atoms with Crippen LogP contribution in [0, 0.1) is 0 Å². The van der Waals surface area contributed by atoms with E-state index in [2.05, 4.69) is 10.3 Å². The summed E-state index contributed by atoms with van der Waals surface area (Å²) in [4.78, 5) is 4.95. The number of halogens is 3. The number of aromatic nitrogens is 1. The molecule has 2 aromatic heterocycles. The van der Waals surface area contributed by atoms with Crippen LogP contribution >= 0.6 is 11.3 Å². The summed E-state index contributed by atoms with van der Waals surface area (Å²) in [6.07, 6.45) is -3.18. The van der Waals surface area contributed by atoms with E-state index in [1.165, 1.54) is 0 Å². The van der Waals surface area contributed by atoms with Crippen LogP contribution in [0.2, 0.25) is 0 Å². The van der Waals surface area contributed by atoms with Gasteiger partial charge in [-0.15, -0.1) is 11.3 Å². The second-order valence-electron chi connectivity index (χ2n) is 3.81. The van der Waals surface area contributed by atoms with Gasteiger partial charge in [0.25, 0.3) is 0 Å². The molecule has 96 valence electrons. The van der Waals surface area contributed by atoms with Crippen molar-refractivity contribution in [1.82, 2.24) is 4.98 Å². The van der Waals surface area contributed by atoms with Gasteiger partial charge in [0.1, 0.15) is 5.82 Å². The highest BCUT2D eigenvalue weighted by molar-refractivity contribution is 7.10. The van der Waals surface area contributed by atoms with Crippen LogP contribution in [0.4, 0.5) is 19.0 Å². The van der Waals surface area contributed by atoms with Crippen LogP contribution in [0.25, 0.3) is 0 Å². The predicted octanol–water partition coefficient (Wildman–Crippen LogP) is 4.34. The van der Waals surface area contributed by atoms with Crippen LogP contribution in [0.5, 0.6) is 0 Å². The monoisotopic (exact) mass is 272 g/mol. The predicted molar refractivity (Wildman–Crippen MR) is 65.6 cm³/mol. The number of anilines is 1. The van der Waals surface area contributed by atoms with Crippen LogP contribution in [0.1, 0.15) is 23.4 Å². The number of hydrogen-bond acceptors (Lipinski definition) is 3. The number of nitrogens with zero attached hydrogens (tertiary/aromatic N) is 1. The molecule has 0 aliphatic rings. The van der Waals surface area contributed by atoms with Crippen molar-refractivity contribution in [2.45, 2.75) is 19.1 Å². The van der Waals surface area contributed by atoms with E-state index in [4.69, 9.17) is 0 Å². The van der Waals surface area contributed by atoms with Crippen LogP contribution in [-0.4, -0.2) is 4.98 Å². The zero-order chi connectivity index (χ0) is 13.2. The van der Waals surface area contributed by atoms with E-state index in [0.717, 1.165) is 23.2 Å². The first-order chi connectivity index (χ1) is 8.47. The molecule has 0 amide bonds. The average Bonchev–Trinajstić information content (AvgIpc) is 2.81. The zero-order valence-electron chi connectivity index (χ0n) is 9.53. The van der Waals surface area contributed by atoms with Gasteiger partial charge in [0, 0.05) is 11.1 Å².